The van der Waals surface area contributed by atoms with E-state index in [1.807, 2.05) is 30.3 Å². The van der Waals surface area contributed by atoms with E-state index in [-0.39, 0.29) is 51.0 Å². The molecule has 1 unspecified atom stereocenters. The van der Waals surface area contributed by atoms with Gasteiger partial charge in [0.2, 0.25) is 0 Å². The number of hydrogen-bond donors (Lipinski definition) is 0. The quantitative estimate of drug-likeness (QED) is 0.487. The number of fused-ring (bicyclic) bond motifs is 1. The molecule has 1 atom stereocenters. The van der Waals surface area contributed by atoms with Crippen LogP contribution in [0.15, 0.2) is 48.5 Å². The van der Waals surface area contributed by atoms with Crippen LogP contribution < -0.4 is 24.8 Å². The molecule has 0 fully saturated rings. The van der Waals surface area contributed by atoms with Gasteiger partial charge in [0.05, 0.1) is 0 Å². The van der Waals surface area contributed by atoms with Crippen molar-refractivity contribution in [3.63, 3.8) is 0 Å². The summed E-state index contributed by atoms with van der Waals surface area (Å²) in [6.45, 7) is 4.35. The Morgan fingerprint density at radius 1 is 1.05 bits per heavy atom. The first kappa shape index (κ1) is 21.1. The largest absolute Gasteiger partial charge is 4.00 e. The summed E-state index contributed by atoms with van der Waals surface area (Å²) < 4.78 is 0. The molecule has 0 spiro atoms. The zero-order valence-corrected chi connectivity index (χ0v) is 15.0. The second kappa shape index (κ2) is 10.5. The Kier molecular flexibility index (Phi) is 11.7. The summed E-state index contributed by atoms with van der Waals surface area (Å²) in [5, 5.41) is 0. The van der Waals surface area contributed by atoms with Crippen molar-refractivity contribution in [3.05, 3.63) is 71.3 Å². The summed E-state index contributed by atoms with van der Waals surface area (Å²) in [7, 11) is 0. The van der Waals surface area contributed by atoms with Crippen LogP contribution in [0.5, 0.6) is 0 Å². The minimum Gasteiger partial charge on any atom is -1.00 e. The number of benzene rings is 1. The van der Waals surface area contributed by atoms with Crippen molar-refractivity contribution in [2.75, 3.05) is 0 Å². The molecule has 0 N–H and O–H groups in total. The van der Waals surface area contributed by atoms with E-state index in [4.69, 9.17) is 0 Å². The molecule has 19 heavy (non-hydrogen) atoms. The fraction of sp³-hybridized carbons (Fsp3) is 0.188. The summed E-state index contributed by atoms with van der Waals surface area (Å²) in [5.74, 6) is 0.492. The molecule has 0 saturated carbocycles. The summed E-state index contributed by atoms with van der Waals surface area (Å²) in [6, 6.07) is 16.4. The zero-order valence-electron chi connectivity index (χ0n) is 11.0. The van der Waals surface area contributed by atoms with Crippen LogP contribution in [0.3, 0.4) is 0 Å². The predicted molar refractivity (Wildman–Crippen MR) is 69.3 cm³/mol. The van der Waals surface area contributed by atoms with Crippen LogP contribution in [-0.4, -0.2) is 0 Å². The van der Waals surface area contributed by atoms with Crippen molar-refractivity contribution in [3.8, 4) is 0 Å². The number of hydrogen-bond acceptors (Lipinski definition) is 0. The first-order valence-electron chi connectivity index (χ1n) is 5.64. The Morgan fingerprint density at radius 2 is 1.68 bits per heavy atom. The van der Waals surface area contributed by atoms with Crippen molar-refractivity contribution < 1.29 is 51.0 Å². The van der Waals surface area contributed by atoms with Gasteiger partial charge in [0.1, 0.15) is 0 Å². The van der Waals surface area contributed by atoms with Crippen LogP contribution in [0.1, 0.15) is 29.5 Å². The zero-order chi connectivity index (χ0) is 11.4. The molecular weight excluding hydrogens is 354 g/mol. The van der Waals surface area contributed by atoms with Gasteiger partial charge in [0, 0.05) is 0 Å². The Hall–Kier alpha value is -0.227. The fourth-order valence-electron chi connectivity index (χ4n) is 2.04. The van der Waals surface area contributed by atoms with Gasteiger partial charge in [-0.25, -0.2) is 18.2 Å². The number of allylic oxidation sites excluding steroid dienone is 1. The molecule has 0 aromatic heterocycles. The smallest absolute Gasteiger partial charge is 1.00 e. The minimum atomic E-state index is 0. The monoisotopic (exact) mass is 368 g/mol. The van der Waals surface area contributed by atoms with Crippen molar-refractivity contribution in [2.24, 2.45) is 0 Å². The fourth-order valence-corrected chi connectivity index (χ4v) is 2.04. The Balaban J connectivity index is 0. The van der Waals surface area contributed by atoms with Crippen molar-refractivity contribution in [2.45, 2.75) is 19.8 Å². The van der Waals surface area contributed by atoms with Gasteiger partial charge in [0.25, 0.3) is 0 Å². The third-order valence-corrected chi connectivity index (χ3v) is 2.84. The maximum atomic E-state index is 3.30. The molecule has 1 aliphatic carbocycles. The van der Waals surface area contributed by atoms with Crippen LogP contribution in [0.4, 0.5) is 0 Å². The number of aryl methyl sites for hydroxylation is 1. The predicted octanol–water partition coefficient (Wildman–Crippen LogP) is -1.66. The molecule has 0 amide bonds. The van der Waals surface area contributed by atoms with Gasteiger partial charge in [-0.15, -0.1) is 11.6 Å². The standard InChI is InChI=1S/C11H11.C5H5.2ClH.Zr/c1-8-4-3-5-10-7-6-9(2)11(8)10;1-2-4-5-3-1;;;/h3-5,7,9H,1-2H3;1-5H;2*1H;/q2*-1;;;+4/p-2. The van der Waals surface area contributed by atoms with Crippen LogP contribution in [-0.2, 0) is 26.2 Å². The summed E-state index contributed by atoms with van der Waals surface area (Å²) >= 11 is 0. The second-order valence-electron chi connectivity index (χ2n) is 4.07. The van der Waals surface area contributed by atoms with Gasteiger partial charge in [-0.1, -0.05) is 30.5 Å². The van der Waals surface area contributed by atoms with E-state index in [9.17, 15) is 0 Å². The van der Waals surface area contributed by atoms with Gasteiger partial charge in [0.15, 0.2) is 0 Å². The molecule has 1 aliphatic rings. The van der Waals surface area contributed by atoms with Gasteiger partial charge < -0.3 is 24.8 Å². The summed E-state index contributed by atoms with van der Waals surface area (Å²) in [4.78, 5) is 0. The topological polar surface area (TPSA) is 0 Å². The Bertz CT molecular complexity index is 458. The van der Waals surface area contributed by atoms with Crippen LogP contribution >= 0.6 is 0 Å². The second-order valence-corrected chi connectivity index (χ2v) is 4.07. The van der Waals surface area contributed by atoms with Crippen LogP contribution in [0.25, 0.3) is 6.08 Å². The van der Waals surface area contributed by atoms with E-state index in [1.165, 1.54) is 16.7 Å². The first-order chi connectivity index (χ1) is 7.79. The first-order valence-corrected chi connectivity index (χ1v) is 5.64. The maximum Gasteiger partial charge on any atom is 4.00 e. The number of rotatable bonds is 0. The maximum absolute atomic E-state index is 3.30. The Morgan fingerprint density at radius 3 is 2.16 bits per heavy atom. The van der Waals surface area contributed by atoms with Gasteiger partial charge in [-0.3, -0.25) is 6.08 Å². The van der Waals surface area contributed by atoms with E-state index in [1.54, 1.807) is 0 Å². The minimum absolute atomic E-state index is 0. The van der Waals surface area contributed by atoms with E-state index in [0.717, 1.165) is 0 Å². The van der Waals surface area contributed by atoms with Crippen LogP contribution in [0, 0.1) is 13.0 Å². The molecule has 98 valence electrons. The molecule has 0 radical (unpaired) electrons. The molecule has 0 aliphatic heterocycles. The van der Waals surface area contributed by atoms with Crippen molar-refractivity contribution in [1.82, 2.24) is 0 Å². The van der Waals surface area contributed by atoms with Gasteiger partial charge in [-0.05, 0) is 6.92 Å². The number of halogens is 2. The molecule has 2 aromatic rings. The molecule has 0 nitrogen and oxygen atoms in total. The normalized spacial score (nSPS) is 13.9. The average molecular weight is 370 g/mol. The molecule has 0 bridgehead atoms. The molecule has 3 heteroatoms. The Labute approximate surface area is 147 Å². The molecule has 0 saturated heterocycles. The third kappa shape index (κ3) is 5.73. The molecule has 0 heterocycles. The SMILES string of the molecule is Cc1cccc2c1C(C)[C-]=C2.[Cl-].[Cl-].[Zr+4].c1cc[cH-]c1. The van der Waals surface area contributed by atoms with Crippen molar-refractivity contribution in [1.29, 1.82) is 0 Å². The van der Waals surface area contributed by atoms with Gasteiger partial charge >= 0.3 is 26.2 Å². The molecule has 2 aromatic carbocycles. The molecule has 3 rings (SSSR count). The summed E-state index contributed by atoms with van der Waals surface area (Å²) in [5.41, 5.74) is 4.18. The van der Waals surface area contributed by atoms with Gasteiger partial charge in [-0.2, -0.15) is 23.8 Å². The summed E-state index contributed by atoms with van der Waals surface area (Å²) in [6.07, 6.45) is 5.39. The van der Waals surface area contributed by atoms with Crippen LogP contribution in [0.2, 0.25) is 0 Å². The molecular formula is C16H16Cl2Zr. The average Bonchev–Trinajstić information content (AvgIpc) is 2.92. The van der Waals surface area contributed by atoms with E-state index in [0.29, 0.717) is 5.92 Å². The third-order valence-electron chi connectivity index (χ3n) is 2.84. The van der Waals surface area contributed by atoms with E-state index in [2.05, 4.69) is 44.2 Å². The van der Waals surface area contributed by atoms with E-state index < -0.39 is 0 Å². The van der Waals surface area contributed by atoms with E-state index >= 15 is 0 Å². The van der Waals surface area contributed by atoms with Crippen molar-refractivity contribution >= 4 is 6.08 Å².